The maximum absolute atomic E-state index is 12.4. The molecule has 0 bridgehead atoms. The number of hydrogen-bond acceptors (Lipinski definition) is 4. The molecule has 1 aliphatic heterocycles. The summed E-state index contributed by atoms with van der Waals surface area (Å²) in [6, 6.07) is 10.3. The van der Waals surface area contributed by atoms with Gasteiger partial charge in [-0.05, 0) is 42.5 Å². The van der Waals surface area contributed by atoms with Crippen LogP contribution in [-0.4, -0.2) is 48.0 Å². The molecule has 2 aromatic carbocycles. The highest BCUT2D eigenvalue weighted by molar-refractivity contribution is 7.80. The van der Waals surface area contributed by atoms with Crippen molar-refractivity contribution in [3.8, 4) is 0 Å². The molecule has 1 aliphatic rings. The normalized spacial score (nSPS) is 13.8. The molecule has 3 rings (SSSR count). The smallest absolute Gasteiger partial charge is 0.258 e. The van der Waals surface area contributed by atoms with Gasteiger partial charge in [-0.3, -0.25) is 14.9 Å². The first-order valence-electron chi connectivity index (χ1n) is 10.1. The highest BCUT2D eigenvalue weighted by Crippen LogP contribution is 2.30. The van der Waals surface area contributed by atoms with Gasteiger partial charge < -0.3 is 15.1 Å². The first-order valence-corrected chi connectivity index (χ1v) is 11.6. The Kier molecular flexibility index (Phi) is 8.22. The average Bonchev–Trinajstić information content (AvgIpc) is 2.75. The third-order valence-corrected chi connectivity index (χ3v) is 6.38. The molecule has 0 aromatic heterocycles. The van der Waals surface area contributed by atoms with Gasteiger partial charge in [-0.1, -0.05) is 54.7 Å². The summed E-state index contributed by atoms with van der Waals surface area (Å²) in [4.78, 5) is 28.6. The molecule has 0 aliphatic carbocycles. The lowest BCUT2D eigenvalue weighted by molar-refractivity contribution is -0.134. The van der Waals surface area contributed by atoms with Gasteiger partial charge in [-0.25, -0.2) is 0 Å². The molecule has 0 unspecified atom stereocenters. The number of halogens is 3. The Hall–Kier alpha value is -2.06. The fourth-order valence-corrected chi connectivity index (χ4v) is 4.28. The first-order chi connectivity index (χ1) is 15.2. The molecule has 170 valence electrons. The number of thiocarbonyl (C=S) groups is 1. The van der Waals surface area contributed by atoms with Gasteiger partial charge >= 0.3 is 0 Å². The molecule has 1 fully saturated rings. The minimum atomic E-state index is -0.466. The molecular formula is C22H23Cl3N4O2S. The maximum atomic E-state index is 12.4. The molecule has 1 saturated heterocycles. The monoisotopic (exact) mass is 512 g/mol. The number of carbonyl (C=O) groups is 2. The molecule has 0 spiro atoms. The summed E-state index contributed by atoms with van der Waals surface area (Å²) in [5.74, 6) is -0.300. The van der Waals surface area contributed by atoms with E-state index in [0.717, 1.165) is 5.69 Å². The van der Waals surface area contributed by atoms with E-state index in [4.69, 9.17) is 47.0 Å². The minimum absolute atomic E-state index is 0.00488. The van der Waals surface area contributed by atoms with Gasteiger partial charge in [0.2, 0.25) is 5.91 Å². The zero-order valence-corrected chi connectivity index (χ0v) is 20.7. The molecule has 0 saturated carbocycles. The standard InChI is InChI=1S/C22H23Cl3N4O2S/c1-13(2)21(31)29-10-8-28(9-11-29)18-7-6-14(12-17(18)24)26-22(32)27-20(30)15-4-3-5-16(23)19(15)25/h3-7,12-13H,8-11H2,1-2H3,(H2,26,27,30,32). The van der Waals surface area contributed by atoms with E-state index in [-0.39, 0.29) is 32.5 Å². The van der Waals surface area contributed by atoms with Crippen molar-refractivity contribution in [1.82, 2.24) is 10.2 Å². The Morgan fingerprint density at radius 1 is 1.00 bits per heavy atom. The number of nitrogens with one attached hydrogen (secondary N) is 2. The van der Waals surface area contributed by atoms with E-state index in [1.165, 1.54) is 0 Å². The number of nitrogens with zero attached hydrogens (tertiary/aromatic N) is 2. The molecule has 2 amide bonds. The summed E-state index contributed by atoms with van der Waals surface area (Å²) in [5, 5.41) is 6.64. The Morgan fingerprint density at radius 2 is 1.69 bits per heavy atom. The molecule has 2 aromatic rings. The van der Waals surface area contributed by atoms with Crippen molar-refractivity contribution in [3.05, 3.63) is 57.0 Å². The maximum Gasteiger partial charge on any atom is 0.258 e. The SMILES string of the molecule is CC(C)C(=O)N1CCN(c2ccc(NC(=S)NC(=O)c3cccc(Cl)c3Cl)cc2Cl)CC1. The number of carbonyl (C=O) groups excluding carboxylic acids is 2. The van der Waals surface area contributed by atoms with Gasteiger partial charge in [0.1, 0.15) is 0 Å². The van der Waals surface area contributed by atoms with E-state index in [1.807, 2.05) is 30.9 Å². The largest absolute Gasteiger partial charge is 0.367 e. The first kappa shape index (κ1) is 24.6. The number of hydrogen-bond donors (Lipinski definition) is 2. The van der Waals surface area contributed by atoms with Crippen molar-refractivity contribution in [2.75, 3.05) is 36.4 Å². The number of amides is 2. The predicted octanol–water partition coefficient (Wildman–Crippen LogP) is 5.08. The Labute approximate surface area is 207 Å². The van der Waals surface area contributed by atoms with Crippen LogP contribution in [-0.2, 0) is 4.79 Å². The van der Waals surface area contributed by atoms with Crippen LogP contribution in [0.2, 0.25) is 15.1 Å². The van der Waals surface area contributed by atoms with Crippen LogP contribution in [0, 0.1) is 5.92 Å². The molecule has 2 N–H and O–H groups in total. The second-order valence-corrected chi connectivity index (χ2v) is 9.24. The zero-order chi connectivity index (χ0) is 23.4. The quantitative estimate of drug-likeness (QED) is 0.558. The van der Waals surface area contributed by atoms with Crippen molar-refractivity contribution >= 4 is 75.3 Å². The zero-order valence-electron chi connectivity index (χ0n) is 17.6. The van der Waals surface area contributed by atoms with Gasteiger partial charge in [0, 0.05) is 37.8 Å². The fraction of sp³-hybridized carbons (Fsp3) is 0.318. The van der Waals surface area contributed by atoms with Crippen LogP contribution >= 0.6 is 47.0 Å². The van der Waals surface area contributed by atoms with E-state index in [9.17, 15) is 9.59 Å². The summed E-state index contributed by atoms with van der Waals surface area (Å²) >= 11 is 23.8. The van der Waals surface area contributed by atoms with Gasteiger partial charge in [0.25, 0.3) is 5.91 Å². The molecule has 32 heavy (non-hydrogen) atoms. The van der Waals surface area contributed by atoms with E-state index in [2.05, 4.69) is 15.5 Å². The average molecular weight is 514 g/mol. The van der Waals surface area contributed by atoms with E-state index >= 15 is 0 Å². The number of rotatable bonds is 4. The third kappa shape index (κ3) is 5.84. The second kappa shape index (κ2) is 10.7. The second-order valence-electron chi connectivity index (χ2n) is 7.64. The van der Waals surface area contributed by atoms with Crippen LogP contribution in [0.25, 0.3) is 0 Å². The summed E-state index contributed by atoms with van der Waals surface area (Å²) in [6.45, 7) is 6.56. The van der Waals surface area contributed by atoms with E-state index in [1.54, 1.807) is 24.3 Å². The lowest BCUT2D eigenvalue weighted by Crippen LogP contribution is -2.50. The minimum Gasteiger partial charge on any atom is -0.367 e. The molecule has 0 radical (unpaired) electrons. The number of piperazine rings is 1. The highest BCUT2D eigenvalue weighted by Gasteiger charge is 2.24. The van der Waals surface area contributed by atoms with Crippen LogP contribution in [0.3, 0.4) is 0 Å². The summed E-state index contributed by atoms with van der Waals surface area (Å²) in [6.07, 6.45) is 0. The Balaban J connectivity index is 1.59. The Bertz CT molecular complexity index is 1040. The van der Waals surface area contributed by atoms with Gasteiger partial charge in [0.15, 0.2) is 5.11 Å². The molecule has 10 heteroatoms. The van der Waals surface area contributed by atoms with Crippen molar-refractivity contribution < 1.29 is 9.59 Å². The van der Waals surface area contributed by atoms with Crippen LogP contribution in [0.1, 0.15) is 24.2 Å². The van der Waals surface area contributed by atoms with Gasteiger partial charge in [0.05, 0.1) is 26.3 Å². The van der Waals surface area contributed by atoms with Crippen molar-refractivity contribution in [2.24, 2.45) is 5.92 Å². The summed E-state index contributed by atoms with van der Waals surface area (Å²) in [7, 11) is 0. The van der Waals surface area contributed by atoms with Gasteiger partial charge in [-0.2, -0.15) is 0 Å². The molecule has 0 atom stereocenters. The number of anilines is 2. The highest BCUT2D eigenvalue weighted by atomic mass is 35.5. The van der Waals surface area contributed by atoms with Crippen LogP contribution in [0.4, 0.5) is 11.4 Å². The van der Waals surface area contributed by atoms with Crippen LogP contribution in [0.15, 0.2) is 36.4 Å². The van der Waals surface area contributed by atoms with Crippen molar-refractivity contribution in [2.45, 2.75) is 13.8 Å². The van der Waals surface area contributed by atoms with Crippen molar-refractivity contribution in [3.63, 3.8) is 0 Å². The van der Waals surface area contributed by atoms with E-state index in [0.29, 0.717) is 36.9 Å². The predicted molar refractivity (Wildman–Crippen MR) is 135 cm³/mol. The van der Waals surface area contributed by atoms with Crippen LogP contribution in [0.5, 0.6) is 0 Å². The van der Waals surface area contributed by atoms with E-state index < -0.39 is 5.91 Å². The Morgan fingerprint density at radius 3 is 2.31 bits per heavy atom. The summed E-state index contributed by atoms with van der Waals surface area (Å²) < 4.78 is 0. The molecular weight excluding hydrogens is 491 g/mol. The fourth-order valence-electron chi connectivity index (χ4n) is 3.39. The van der Waals surface area contributed by atoms with Crippen molar-refractivity contribution in [1.29, 1.82) is 0 Å². The molecule has 6 nitrogen and oxygen atoms in total. The molecule has 1 heterocycles. The van der Waals surface area contributed by atoms with Gasteiger partial charge in [-0.15, -0.1) is 0 Å². The lowest BCUT2D eigenvalue weighted by Gasteiger charge is -2.37. The number of benzene rings is 2. The lowest BCUT2D eigenvalue weighted by atomic mass is 10.1. The summed E-state index contributed by atoms with van der Waals surface area (Å²) in [5.41, 5.74) is 1.75. The topological polar surface area (TPSA) is 64.7 Å². The third-order valence-electron chi connectivity index (χ3n) is 5.05. The van der Waals surface area contributed by atoms with Crippen LogP contribution < -0.4 is 15.5 Å².